The summed E-state index contributed by atoms with van der Waals surface area (Å²) in [6.07, 6.45) is 1.62. The van der Waals surface area contributed by atoms with E-state index in [2.05, 4.69) is 21.3 Å². The molecule has 0 aliphatic heterocycles. The Kier molecular flexibility index (Phi) is 35.9. The first-order valence-corrected chi connectivity index (χ1v) is 15.7. The van der Waals surface area contributed by atoms with E-state index < -0.39 is 17.9 Å². The minimum Gasteiger partial charge on any atom is -0.480 e. The second-order valence-corrected chi connectivity index (χ2v) is 10.3. The summed E-state index contributed by atoms with van der Waals surface area (Å²) in [5.74, 6) is -2.67. The van der Waals surface area contributed by atoms with Gasteiger partial charge in [-0.2, -0.15) is 0 Å². The third kappa shape index (κ3) is 35.6. The lowest BCUT2D eigenvalue weighted by atomic mass is 10.1. The number of nitrogens with two attached hydrogens (primary N) is 1. The third-order valence-electron chi connectivity index (χ3n) is 5.80. The Balaban J connectivity index is -0.00000486. The molecule has 0 radical (unpaired) electrons. The Hall–Kier alpha value is -3.26. The average Bonchev–Trinajstić information content (AvgIpc) is 3.05. The highest BCUT2D eigenvalue weighted by molar-refractivity contribution is 5.85. The van der Waals surface area contributed by atoms with Crippen LogP contribution in [0.25, 0.3) is 0 Å². The van der Waals surface area contributed by atoms with Gasteiger partial charge in [-0.3, -0.25) is 19.2 Å². The molecular formula is C30H59N5O13. The number of ether oxygens (including phenoxy) is 4. The fourth-order valence-electron chi connectivity index (χ4n) is 3.40. The smallest absolute Gasteiger partial charge is 0.326 e. The number of carboxylic acid groups (broad SMARTS) is 1. The molecule has 0 saturated heterocycles. The molecule has 0 rings (SSSR count). The Morgan fingerprint density at radius 3 is 1.58 bits per heavy atom. The zero-order valence-electron chi connectivity index (χ0n) is 29.0. The van der Waals surface area contributed by atoms with Gasteiger partial charge in [0.2, 0.25) is 23.6 Å². The molecule has 0 aliphatic rings. The standard InChI is InChI=1S/C28H51N5O11.2CH4O/c1-20(29)4-8-24(35)30-10-12-41-14-16-43-18-26(37)31-11-13-42-15-17-44-19-27(38)33-23(28(39)40)7-9-25(36)32-21(2)5-6-22(3)34;2*1-2/h20-21,23H,4-19,29H2,1-3H3,(H,30,35)(H,31,37)(H,32,36)(H,33,38)(H,39,40);2*2H,1H3/t20-,21-,23?;;/m1../s1. The number of aliphatic hydroxyl groups excluding tert-OH is 2. The summed E-state index contributed by atoms with van der Waals surface area (Å²) < 4.78 is 21.0. The maximum Gasteiger partial charge on any atom is 0.326 e. The molecule has 0 spiro atoms. The predicted molar refractivity (Wildman–Crippen MR) is 175 cm³/mol. The van der Waals surface area contributed by atoms with E-state index in [1.807, 2.05) is 6.92 Å². The van der Waals surface area contributed by atoms with E-state index in [0.29, 0.717) is 38.8 Å². The van der Waals surface area contributed by atoms with Gasteiger partial charge in [0, 0.05) is 58.7 Å². The van der Waals surface area contributed by atoms with Crippen molar-refractivity contribution in [1.82, 2.24) is 21.3 Å². The minimum atomic E-state index is -1.27. The first-order valence-electron chi connectivity index (χ1n) is 15.7. The number of rotatable bonds is 28. The van der Waals surface area contributed by atoms with Crippen molar-refractivity contribution < 1.29 is 63.0 Å². The van der Waals surface area contributed by atoms with Crippen molar-refractivity contribution in [3.63, 3.8) is 0 Å². The summed E-state index contributed by atoms with van der Waals surface area (Å²) in [7, 11) is 2.00. The lowest BCUT2D eigenvalue weighted by Gasteiger charge is -2.16. The van der Waals surface area contributed by atoms with Crippen LogP contribution in [0.2, 0.25) is 0 Å². The van der Waals surface area contributed by atoms with Gasteiger partial charge >= 0.3 is 5.97 Å². The molecule has 0 saturated carbocycles. The van der Waals surface area contributed by atoms with Crippen LogP contribution in [0.3, 0.4) is 0 Å². The summed E-state index contributed by atoms with van der Waals surface area (Å²) in [6, 6.07) is -1.50. The van der Waals surface area contributed by atoms with Gasteiger partial charge in [0.15, 0.2) is 0 Å². The minimum absolute atomic E-state index is 0.0178. The van der Waals surface area contributed by atoms with E-state index in [0.717, 1.165) is 14.2 Å². The normalized spacial score (nSPS) is 12.1. The highest BCUT2D eigenvalue weighted by Crippen LogP contribution is 2.02. The van der Waals surface area contributed by atoms with Crippen LogP contribution in [0.1, 0.15) is 59.3 Å². The second kappa shape index (κ2) is 35.1. The lowest BCUT2D eigenvalue weighted by molar-refractivity contribution is -0.143. The number of hydrogen-bond donors (Lipinski definition) is 8. The zero-order valence-corrected chi connectivity index (χ0v) is 29.0. The number of hydrogen-bond acceptors (Lipinski definition) is 13. The van der Waals surface area contributed by atoms with Crippen molar-refractivity contribution in [2.45, 2.75) is 77.4 Å². The fourth-order valence-corrected chi connectivity index (χ4v) is 3.40. The van der Waals surface area contributed by atoms with E-state index in [1.54, 1.807) is 6.92 Å². The van der Waals surface area contributed by atoms with Crippen LogP contribution in [0.4, 0.5) is 0 Å². The molecule has 0 aromatic carbocycles. The Labute approximate surface area is 283 Å². The molecule has 0 bridgehead atoms. The Morgan fingerprint density at radius 2 is 1.08 bits per heavy atom. The number of carbonyl (C=O) groups is 6. The van der Waals surface area contributed by atoms with E-state index >= 15 is 0 Å². The number of carboxylic acids is 1. The summed E-state index contributed by atoms with van der Waals surface area (Å²) in [4.78, 5) is 69.8. The van der Waals surface area contributed by atoms with Gasteiger partial charge in [-0.1, -0.05) is 0 Å². The fraction of sp³-hybridized carbons (Fsp3) is 0.800. The number of Topliss-reactive ketones (excluding diaryl/α,β-unsaturated/α-hetero) is 1. The van der Waals surface area contributed by atoms with Crippen molar-refractivity contribution in [3.8, 4) is 0 Å². The third-order valence-corrected chi connectivity index (χ3v) is 5.80. The maximum absolute atomic E-state index is 12.0. The molecule has 18 heteroatoms. The number of carbonyl (C=O) groups excluding carboxylic acids is 5. The number of aliphatic carboxylic acids is 1. The largest absolute Gasteiger partial charge is 0.480 e. The van der Waals surface area contributed by atoms with Crippen LogP contribution in [0.5, 0.6) is 0 Å². The number of ketones is 1. The summed E-state index contributed by atoms with van der Waals surface area (Å²) in [5.41, 5.74) is 5.60. The Bertz CT molecular complexity index is 878. The van der Waals surface area contributed by atoms with E-state index in [1.165, 1.54) is 6.92 Å². The molecule has 0 fully saturated rings. The van der Waals surface area contributed by atoms with Crippen molar-refractivity contribution in [2.75, 3.05) is 80.2 Å². The zero-order chi connectivity index (χ0) is 37.2. The van der Waals surface area contributed by atoms with Crippen LogP contribution in [-0.4, -0.2) is 149 Å². The molecule has 9 N–H and O–H groups in total. The number of nitrogens with one attached hydrogen (secondary N) is 4. The first kappa shape index (κ1) is 49.1. The predicted octanol–water partition coefficient (Wildman–Crippen LogP) is -2.15. The summed E-state index contributed by atoms with van der Waals surface area (Å²) in [5, 5.41) is 33.7. The van der Waals surface area contributed by atoms with Crippen molar-refractivity contribution in [2.24, 2.45) is 5.73 Å². The van der Waals surface area contributed by atoms with Gasteiger partial charge in [-0.25, -0.2) is 4.79 Å². The summed E-state index contributed by atoms with van der Waals surface area (Å²) in [6.45, 7) is 6.41. The van der Waals surface area contributed by atoms with E-state index in [9.17, 15) is 33.9 Å². The van der Waals surface area contributed by atoms with Gasteiger partial charge in [-0.05, 0) is 40.0 Å². The molecule has 0 aliphatic carbocycles. The molecule has 282 valence electrons. The van der Waals surface area contributed by atoms with E-state index in [4.69, 9.17) is 34.9 Å². The SMILES string of the molecule is CC(=O)CC[C@@H](C)NC(=O)CCC(NC(=O)COCCOCCNC(=O)COCCOCCNC(=O)CC[C@@H](C)N)C(=O)O.CO.CO. The maximum atomic E-state index is 12.0. The molecular weight excluding hydrogens is 638 g/mol. The van der Waals surface area contributed by atoms with Crippen molar-refractivity contribution in [1.29, 1.82) is 0 Å². The van der Waals surface area contributed by atoms with Crippen LogP contribution in [-0.2, 0) is 47.7 Å². The lowest BCUT2D eigenvalue weighted by Crippen LogP contribution is -2.43. The molecule has 0 aromatic heterocycles. The van der Waals surface area contributed by atoms with Crippen LogP contribution < -0.4 is 27.0 Å². The monoisotopic (exact) mass is 697 g/mol. The molecule has 48 heavy (non-hydrogen) atoms. The van der Waals surface area contributed by atoms with Gasteiger partial charge in [0.1, 0.15) is 25.0 Å². The van der Waals surface area contributed by atoms with Gasteiger partial charge < -0.3 is 66.1 Å². The molecule has 1 unspecified atom stereocenters. The highest BCUT2D eigenvalue weighted by atomic mass is 16.5. The highest BCUT2D eigenvalue weighted by Gasteiger charge is 2.21. The van der Waals surface area contributed by atoms with E-state index in [-0.39, 0.29) is 101 Å². The molecule has 0 aromatic rings. The van der Waals surface area contributed by atoms with Crippen molar-refractivity contribution in [3.05, 3.63) is 0 Å². The second-order valence-electron chi connectivity index (χ2n) is 10.3. The van der Waals surface area contributed by atoms with Crippen LogP contribution >= 0.6 is 0 Å². The molecule has 18 nitrogen and oxygen atoms in total. The number of aliphatic hydroxyl groups is 2. The average molecular weight is 698 g/mol. The van der Waals surface area contributed by atoms with Crippen LogP contribution in [0, 0.1) is 0 Å². The summed E-state index contributed by atoms with van der Waals surface area (Å²) >= 11 is 0. The van der Waals surface area contributed by atoms with Gasteiger partial charge in [0.05, 0.1) is 39.6 Å². The number of amides is 4. The molecule has 4 amide bonds. The Morgan fingerprint density at radius 1 is 0.604 bits per heavy atom. The van der Waals surface area contributed by atoms with Gasteiger partial charge in [0.25, 0.3) is 0 Å². The first-order chi connectivity index (χ1) is 22.9. The van der Waals surface area contributed by atoms with Crippen molar-refractivity contribution >= 4 is 35.4 Å². The van der Waals surface area contributed by atoms with Crippen LogP contribution in [0.15, 0.2) is 0 Å². The van der Waals surface area contributed by atoms with Gasteiger partial charge in [-0.15, -0.1) is 0 Å². The topological polar surface area (TPSA) is 274 Å². The molecule has 0 heterocycles. The quantitative estimate of drug-likeness (QED) is 0.0405. The molecule has 3 atom stereocenters.